The van der Waals surface area contributed by atoms with E-state index in [-0.39, 0.29) is 12.5 Å². The van der Waals surface area contributed by atoms with Gasteiger partial charge < -0.3 is 10.1 Å². The van der Waals surface area contributed by atoms with Gasteiger partial charge in [-0.1, -0.05) is 23.8 Å². The van der Waals surface area contributed by atoms with Crippen molar-refractivity contribution in [2.45, 2.75) is 13.3 Å². The van der Waals surface area contributed by atoms with Crippen molar-refractivity contribution >= 4 is 17.2 Å². The van der Waals surface area contributed by atoms with Gasteiger partial charge in [0.25, 0.3) is 5.91 Å². The molecule has 5 nitrogen and oxygen atoms in total. The first-order valence-electron chi connectivity index (χ1n) is 8.03. The van der Waals surface area contributed by atoms with Crippen LogP contribution in [0.15, 0.2) is 54.0 Å². The van der Waals surface area contributed by atoms with Gasteiger partial charge in [0.1, 0.15) is 10.8 Å². The minimum Gasteiger partial charge on any atom is -0.484 e. The van der Waals surface area contributed by atoms with Gasteiger partial charge >= 0.3 is 0 Å². The number of carbonyl (C=O) groups is 1. The fraction of sp³-hybridized carbons (Fsp3) is 0.211. The zero-order chi connectivity index (χ0) is 17.5. The highest BCUT2D eigenvalue weighted by Crippen LogP contribution is 2.21. The van der Waals surface area contributed by atoms with E-state index < -0.39 is 0 Å². The van der Waals surface area contributed by atoms with Crippen molar-refractivity contribution in [2.24, 2.45) is 0 Å². The molecule has 3 rings (SSSR count). The van der Waals surface area contributed by atoms with E-state index in [1.807, 2.05) is 54.8 Å². The van der Waals surface area contributed by atoms with Crippen LogP contribution in [0.5, 0.6) is 5.75 Å². The van der Waals surface area contributed by atoms with E-state index in [9.17, 15) is 4.79 Å². The molecule has 1 N–H and O–H groups in total. The van der Waals surface area contributed by atoms with E-state index >= 15 is 0 Å². The van der Waals surface area contributed by atoms with Gasteiger partial charge in [-0.2, -0.15) is 0 Å². The lowest BCUT2D eigenvalue weighted by Crippen LogP contribution is -2.30. The van der Waals surface area contributed by atoms with E-state index in [4.69, 9.17) is 4.74 Å². The van der Waals surface area contributed by atoms with Crippen molar-refractivity contribution in [1.29, 1.82) is 0 Å². The zero-order valence-corrected chi connectivity index (χ0v) is 14.8. The normalized spacial score (nSPS) is 10.4. The standard InChI is InChI=1S/C19H19N3O2S/c1-14-5-7-16(8-6-14)24-12-18(23)21-11-9-15-13-25-19(22-15)17-4-2-3-10-20-17/h2-8,10,13H,9,11-12H2,1H3,(H,21,23). The highest BCUT2D eigenvalue weighted by molar-refractivity contribution is 7.13. The molecule has 6 heteroatoms. The molecule has 0 atom stereocenters. The van der Waals surface area contributed by atoms with Crippen LogP contribution in [-0.2, 0) is 11.2 Å². The molecule has 25 heavy (non-hydrogen) atoms. The largest absolute Gasteiger partial charge is 0.484 e. The zero-order valence-electron chi connectivity index (χ0n) is 13.9. The van der Waals surface area contributed by atoms with Crippen molar-refractivity contribution in [3.8, 4) is 16.5 Å². The van der Waals surface area contributed by atoms with Crippen LogP contribution >= 0.6 is 11.3 Å². The average molecular weight is 353 g/mol. The Labute approximate surface area is 150 Å². The van der Waals surface area contributed by atoms with Crippen molar-refractivity contribution in [1.82, 2.24) is 15.3 Å². The van der Waals surface area contributed by atoms with Crippen LogP contribution < -0.4 is 10.1 Å². The SMILES string of the molecule is Cc1ccc(OCC(=O)NCCc2csc(-c3ccccn3)n2)cc1. The summed E-state index contributed by atoms with van der Waals surface area (Å²) < 4.78 is 5.45. The number of nitrogens with zero attached hydrogens (tertiary/aromatic N) is 2. The number of aromatic nitrogens is 2. The third-order valence-corrected chi connectivity index (χ3v) is 4.44. The molecule has 0 bridgehead atoms. The molecule has 0 aliphatic heterocycles. The van der Waals surface area contributed by atoms with E-state index in [2.05, 4.69) is 15.3 Å². The second kappa shape index (κ2) is 8.39. The molecule has 0 aliphatic carbocycles. The summed E-state index contributed by atoms with van der Waals surface area (Å²) in [5.41, 5.74) is 2.98. The van der Waals surface area contributed by atoms with Crippen LogP contribution in [0, 0.1) is 6.92 Å². The molecule has 0 saturated carbocycles. The number of rotatable bonds is 7. The number of hydrogen-bond donors (Lipinski definition) is 1. The van der Waals surface area contributed by atoms with Crippen LogP contribution in [0.3, 0.4) is 0 Å². The minimum absolute atomic E-state index is 0.0132. The van der Waals surface area contributed by atoms with Gasteiger partial charge in [-0.15, -0.1) is 11.3 Å². The Morgan fingerprint density at radius 3 is 2.80 bits per heavy atom. The number of carbonyl (C=O) groups excluding carboxylic acids is 1. The van der Waals surface area contributed by atoms with Gasteiger partial charge in [-0.3, -0.25) is 9.78 Å². The van der Waals surface area contributed by atoms with E-state index in [0.717, 1.165) is 22.0 Å². The van der Waals surface area contributed by atoms with E-state index in [1.165, 1.54) is 0 Å². The van der Waals surface area contributed by atoms with Crippen molar-refractivity contribution in [3.63, 3.8) is 0 Å². The maximum atomic E-state index is 11.8. The van der Waals surface area contributed by atoms with E-state index in [0.29, 0.717) is 18.7 Å². The number of hydrogen-bond acceptors (Lipinski definition) is 5. The summed E-state index contributed by atoms with van der Waals surface area (Å²) in [4.78, 5) is 20.7. The summed E-state index contributed by atoms with van der Waals surface area (Å²) in [6.07, 6.45) is 2.43. The van der Waals surface area contributed by atoms with Crippen LogP contribution in [-0.4, -0.2) is 29.0 Å². The third kappa shape index (κ3) is 5.12. The molecule has 0 spiro atoms. The Morgan fingerprint density at radius 1 is 1.20 bits per heavy atom. The Bertz CT molecular complexity index is 816. The predicted octanol–water partition coefficient (Wildman–Crippen LogP) is 3.25. The number of pyridine rings is 1. The van der Waals surface area contributed by atoms with Gasteiger partial charge in [-0.25, -0.2) is 4.98 Å². The monoisotopic (exact) mass is 353 g/mol. The van der Waals surface area contributed by atoms with Gasteiger partial charge in [0, 0.05) is 24.5 Å². The first-order chi connectivity index (χ1) is 12.2. The average Bonchev–Trinajstić information content (AvgIpc) is 3.11. The van der Waals surface area contributed by atoms with Gasteiger partial charge in [-0.05, 0) is 31.2 Å². The summed E-state index contributed by atoms with van der Waals surface area (Å²) in [6.45, 7) is 2.55. The quantitative estimate of drug-likeness (QED) is 0.708. The van der Waals surface area contributed by atoms with Crippen molar-refractivity contribution < 1.29 is 9.53 Å². The van der Waals surface area contributed by atoms with Gasteiger partial charge in [0.15, 0.2) is 6.61 Å². The molecule has 1 aromatic carbocycles. The lowest BCUT2D eigenvalue weighted by atomic mass is 10.2. The summed E-state index contributed by atoms with van der Waals surface area (Å²) in [6, 6.07) is 13.4. The molecular formula is C19H19N3O2S. The summed E-state index contributed by atoms with van der Waals surface area (Å²) in [5.74, 6) is 0.556. The molecule has 0 unspecified atom stereocenters. The van der Waals surface area contributed by atoms with Crippen molar-refractivity contribution in [3.05, 3.63) is 65.3 Å². The smallest absolute Gasteiger partial charge is 0.257 e. The Kier molecular flexibility index (Phi) is 5.74. The molecule has 0 radical (unpaired) electrons. The molecule has 0 saturated heterocycles. The molecule has 1 amide bonds. The molecule has 3 aromatic rings. The fourth-order valence-electron chi connectivity index (χ4n) is 2.19. The van der Waals surface area contributed by atoms with Gasteiger partial charge in [0.2, 0.25) is 0 Å². The summed E-state index contributed by atoms with van der Waals surface area (Å²) >= 11 is 1.56. The van der Waals surface area contributed by atoms with E-state index in [1.54, 1.807) is 17.5 Å². The second-order valence-corrected chi connectivity index (χ2v) is 6.42. The molecule has 0 aliphatic rings. The number of thiazole rings is 1. The van der Waals surface area contributed by atoms with Crippen molar-refractivity contribution in [2.75, 3.05) is 13.2 Å². The number of amides is 1. The lowest BCUT2D eigenvalue weighted by Gasteiger charge is -2.07. The third-order valence-electron chi connectivity index (χ3n) is 3.53. The Hall–Kier alpha value is -2.73. The Morgan fingerprint density at radius 2 is 2.04 bits per heavy atom. The highest BCUT2D eigenvalue weighted by atomic mass is 32.1. The summed E-state index contributed by atoms with van der Waals surface area (Å²) in [5, 5.41) is 5.74. The first kappa shape index (κ1) is 17.1. The number of benzene rings is 1. The minimum atomic E-state index is -0.138. The molecule has 2 heterocycles. The Balaban J connectivity index is 1.41. The van der Waals surface area contributed by atoms with Crippen LogP contribution in [0.2, 0.25) is 0 Å². The lowest BCUT2D eigenvalue weighted by molar-refractivity contribution is -0.123. The van der Waals surface area contributed by atoms with Crippen LogP contribution in [0.4, 0.5) is 0 Å². The van der Waals surface area contributed by atoms with Crippen LogP contribution in [0.1, 0.15) is 11.3 Å². The highest BCUT2D eigenvalue weighted by Gasteiger charge is 2.07. The number of aryl methyl sites for hydroxylation is 1. The van der Waals surface area contributed by atoms with Crippen LogP contribution in [0.25, 0.3) is 10.7 Å². The fourth-order valence-corrected chi connectivity index (χ4v) is 3.02. The summed E-state index contributed by atoms with van der Waals surface area (Å²) in [7, 11) is 0. The maximum Gasteiger partial charge on any atom is 0.257 e. The first-order valence-corrected chi connectivity index (χ1v) is 8.90. The number of ether oxygens (including phenoxy) is 1. The number of nitrogens with one attached hydrogen (secondary N) is 1. The molecule has 128 valence electrons. The maximum absolute atomic E-state index is 11.8. The molecular weight excluding hydrogens is 334 g/mol. The predicted molar refractivity (Wildman–Crippen MR) is 98.7 cm³/mol. The van der Waals surface area contributed by atoms with Gasteiger partial charge in [0.05, 0.1) is 11.4 Å². The molecule has 2 aromatic heterocycles. The topological polar surface area (TPSA) is 64.1 Å². The second-order valence-electron chi connectivity index (χ2n) is 5.56. The molecule has 0 fully saturated rings.